The number of aryl methyl sites for hydroxylation is 1. The fraction of sp³-hybridized carbons (Fsp3) is 0.632. The molecule has 0 radical (unpaired) electrons. The molecular formula is C19H27N5O3S. The van der Waals surface area contributed by atoms with E-state index in [0.717, 1.165) is 73.8 Å². The molecular weight excluding hydrogens is 378 g/mol. The number of aliphatic hydroxyl groups excluding tert-OH is 1. The van der Waals surface area contributed by atoms with E-state index in [4.69, 9.17) is 4.74 Å². The SMILES string of the molecule is Cc1c(C(=O)N2CCCC(O)C2)sc2ncnc(NCCN3CCOCC3)c12. The zero-order chi connectivity index (χ0) is 19.5. The second kappa shape index (κ2) is 8.69. The first-order valence-corrected chi connectivity index (χ1v) is 10.7. The third-order valence-electron chi connectivity index (χ3n) is 5.43. The van der Waals surface area contributed by atoms with Gasteiger partial charge in [0, 0.05) is 39.3 Å². The molecule has 8 nitrogen and oxygen atoms in total. The van der Waals surface area contributed by atoms with Gasteiger partial charge < -0.3 is 20.1 Å². The minimum absolute atomic E-state index is 0.0153. The van der Waals surface area contributed by atoms with Crippen LogP contribution in [0.5, 0.6) is 0 Å². The first-order chi connectivity index (χ1) is 13.6. The van der Waals surface area contributed by atoms with Crippen LogP contribution in [0.4, 0.5) is 5.82 Å². The maximum Gasteiger partial charge on any atom is 0.264 e. The van der Waals surface area contributed by atoms with E-state index in [1.54, 1.807) is 11.2 Å². The largest absolute Gasteiger partial charge is 0.391 e. The van der Waals surface area contributed by atoms with Crippen LogP contribution in [0.3, 0.4) is 0 Å². The van der Waals surface area contributed by atoms with Gasteiger partial charge in [-0.2, -0.15) is 0 Å². The Kier molecular flexibility index (Phi) is 6.05. The van der Waals surface area contributed by atoms with Crippen molar-refractivity contribution in [3.63, 3.8) is 0 Å². The summed E-state index contributed by atoms with van der Waals surface area (Å²) in [6.07, 6.45) is 2.72. The van der Waals surface area contributed by atoms with Crippen molar-refractivity contribution in [2.45, 2.75) is 25.9 Å². The van der Waals surface area contributed by atoms with E-state index < -0.39 is 6.10 Å². The molecule has 0 aliphatic carbocycles. The summed E-state index contributed by atoms with van der Waals surface area (Å²) in [6.45, 7) is 8.26. The number of hydrogen-bond donors (Lipinski definition) is 2. The standard InChI is InChI=1S/C19H27N5O3S/c1-13-15-17(20-4-6-23-7-9-27-10-8-23)21-12-22-18(15)28-16(13)19(26)24-5-2-3-14(25)11-24/h12,14,25H,2-11H2,1H3,(H,20,21,22). The van der Waals surface area contributed by atoms with Gasteiger partial charge in [-0.3, -0.25) is 9.69 Å². The first-order valence-electron chi connectivity index (χ1n) is 9.89. The number of ether oxygens (including phenoxy) is 1. The molecule has 152 valence electrons. The van der Waals surface area contributed by atoms with Crippen molar-refractivity contribution >= 4 is 33.3 Å². The minimum Gasteiger partial charge on any atom is -0.391 e. The van der Waals surface area contributed by atoms with Crippen LogP contribution in [-0.2, 0) is 4.74 Å². The van der Waals surface area contributed by atoms with Crippen molar-refractivity contribution < 1.29 is 14.6 Å². The number of aliphatic hydroxyl groups is 1. The topological polar surface area (TPSA) is 90.8 Å². The highest BCUT2D eigenvalue weighted by Crippen LogP contribution is 2.34. The van der Waals surface area contributed by atoms with Gasteiger partial charge in [0.05, 0.1) is 29.6 Å². The number of thiophene rings is 1. The summed E-state index contributed by atoms with van der Waals surface area (Å²) in [5.41, 5.74) is 0.916. The van der Waals surface area contributed by atoms with E-state index in [2.05, 4.69) is 20.2 Å². The molecule has 0 saturated carbocycles. The summed E-state index contributed by atoms with van der Waals surface area (Å²) >= 11 is 1.41. The van der Waals surface area contributed by atoms with E-state index in [1.165, 1.54) is 11.3 Å². The number of likely N-dealkylation sites (tertiary alicyclic amines) is 1. The van der Waals surface area contributed by atoms with Crippen LogP contribution in [0.1, 0.15) is 28.1 Å². The normalized spacial score (nSPS) is 21.2. The molecule has 0 bridgehead atoms. The molecule has 4 rings (SSSR count). The Balaban J connectivity index is 1.50. The molecule has 0 aromatic carbocycles. The average Bonchev–Trinajstić information content (AvgIpc) is 3.06. The van der Waals surface area contributed by atoms with Gasteiger partial charge in [0.25, 0.3) is 5.91 Å². The van der Waals surface area contributed by atoms with E-state index in [9.17, 15) is 9.90 Å². The Labute approximate surface area is 168 Å². The number of nitrogens with zero attached hydrogens (tertiary/aromatic N) is 4. The zero-order valence-electron chi connectivity index (χ0n) is 16.2. The highest BCUT2D eigenvalue weighted by Gasteiger charge is 2.27. The molecule has 1 unspecified atom stereocenters. The molecule has 2 saturated heterocycles. The predicted molar refractivity (Wildman–Crippen MR) is 109 cm³/mol. The van der Waals surface area contributed by atoms with Gasteiger partial charge in [-0.25, -0.2) is 9.97 Å². The first kappa shape index (κ1) is 19.5. The number of carbonyl (C=O) groups excluding carboxylic acids is 1. The van der Waals surface area contributed by atoms with Crippen LogP contribution >= 0.6 is 11.3 Å². The summed E-state index contributed by atoms with van der Waals surface area (Å²) in [7, 11) is 0. The van der Waals surface area contributed by atoms with Crippen LogP contribution in [-0.4, -0.2) is 89.4 Å². The number of anilines is 1. The van der Waals surface area contributed by atoms with Crippen LogP contribution in [0.15, 0.2) is 6.33 Å². The highest BCUT2D eigenvalue weighted by molar-refractivity contribution is 7.20. The predicted octanol–water partition coefficient (Wildman–Crippen LogP) is 1.34. The highest BCUT2D eigenvalue weighted by atomic mass is 32.1. The average molecular weight is 406 g/mol. The number of nitrogens with one attached hydrogen (secondary N) is 1. The minimum atomic E-state index is -0.426. The lowest BCUT2D eigenvalue weighted by molar-refractivity contribution is 0.0398. The van der Waals surface area contributed by atoms with Gasteiger partial charge in [-0.05, 0) is 25.3 Å². The van der Waals surface area contributed by atoms with E-state index in [1.807, 2.05) is 6.92 Å². The smallest absolute Gasteiger partial charge is 0.264 e. The molecule has 2 fully saturated rings. The Bertz CT molecular complexity index is 836. The lowest BCUT2D eigenvalue weighted by atomic mass is 10.1. The molecule has 28 heavy (non-hydrogen) atoms. The number of β-amino-alcohol motifs (C(OH)–C–C–N with tert-alkyl or cyclic N) is 1. The number of aromatic nitrogens is 2. The molecule has 2 N–H and O–H groups in total. The van der Waals surface area contributed by atoms with E-state index >= 15 is 0 Å². The van der Waals surface area contributed by atoms with Crippen molar-refractivity contribution in [1.82, 2.24) is 19.8 Å². The van der Waals surface area contributed by atoms with Crippen LogP contribution in [0.2, 0.25) is 0 Å². The van der Waals surface area contributed by atoms with Gasteiger partial charge in [-0.1, -0.05) is 0 Å². The van der Waals surface area contributed by atoms with Gasteiger partial charge in [0.2, 0.25) is 0 Å². The number of piperidine rings is 1. The van der Waals surface area contributed by atoms with Crippen molar-refractivity contribution in [3.05, 3.63) is 16.8 Å². The van der Waals surface area contributed by atoms with E-state index in [0.29, 0.717) is 18.0 Å². The number of fused-ring (bicyclic) bond motifs is 1. The van der Waals surface area contributed by atoms with Crippen molar-refractivity contribution in [3.8, 4) is 0 Å². The number of rotatable bonds is 5. The summed E-state index contributed by atoms with van der Waals surface area (Å²) in [5, 5.41) is 14.2. The molecule has 4 heterocycles. The summed E-state index contributed by atoms with van der Waals surface area (Å²) < 4.78 is 5.39. The fourth-order valence-electron chi connectivity index (χ4n) is 3.85. The molecule has 9 heteroatoms. The van der Waals surface area contributed by atoms with Crippen LogP contribution < -0.4 is 5.32 Å². The second-order valence-electron chi connectivity index (χ2n) is 7.39. The van der Waals surface area contributed by atoms with Crippen molar-refractivity contribution in [1.29, 1.82) is 0 Å². The van der Waals surface area contributed by atoms with Crippen LogP contribution in [0, 0.1) is 6.92 Å². The molecule has 0 spiro atoms. The molecule has 1 atom stereocenters. The Morgan fingerprint density at radius 2 is 2.18 bits per heavy atom. The monoisotopic (exact) mass is 405 g/mol. The molecule has 2 aromatic rings. The summed E-state index contributed by atoms with van der Waals surface area (Å²) in [5.74, 6) is 0.767. The summed E-state index contributed by atoms with van der Waals surface area (Å²) in [4.78, 5) is 27.5. The van der Waals surface area contributed by atoms with Crippen molar-refractivity contribution in [2.24, 2.45) is 0 Å². The van der Waals surface area contributed by atoms with Crippen molar-refractivity contribution in [2.75, 3.05) is 57.8 Å². The molecule has 2 aliphatic heterocycles. The maximum atomic E-state index is 13.0. The molecule has 2 aliphatic rings. The lowest BCUT2D eigenvalue weighted by Gasteiger charge is -2.29. The third kappa shape index (κ3) is 4.12. The van der Waals surface area contributed by atoms with Gasteiger partial charge in [-0.15, -0.1) is 11.3 Å². The number of morpholine rings is 1. The zero-order valence-corrected chi connectivity index (χ0v) is 17.0. The van der Waals surface area contributed by atoms with Gasteiger partial charge in [0.1, 0.15) is 17.0 Å². The Morgan fingerprint density at radius 3 is 2.96 bits per heavy atom. The number of amides is 1. The Morgan fingerprint density at radius 1 is 1.36 bits per heavy atom. The Hall–Kier alpha value is -1.81. The van der Waals surface area contributed by atoms with Gasteiger partial charge >= 0.3 is 0 Å². The second-order valence-corrected chi connectivity index (χ2v) is 8.39. The maximum absolute atomic E-state index is 13.0. The summed E-state index contributed by atoms with van der Waals surface area (Å²) in [6, 6.07) is 0. The molecule has 2 aromatic heterocycles. The lowest BCUT2D eigenvalue weighted by Crippen LogP contribution is -2.42. The fourth-order valence-corrected chi connectivity index (χ4v) is 4.97. The molecule has 1 amide bonds. The van der Waals surface area contributed by atoms with Gasteiger partial charge in [0.15, 0.2) is 0 Å². The number of hydrogen-bond acceptors (Lipinski definition) is 8. The third-order valence-corrected chi connectivity index (χ3v) is 6.62. The van der Waals surface area contributed by atoms with Crippen LogP contribution in [0.25, 0.3) is 10.2 Å². The quantitative estimate of drug-likeness (QED) is 0.776. The van der Waals surface area contributed by atoms with E-state index in [-0.39, 0.29) is 5.91 Å². The number of carbonyl (C=O) groups is 1.